The summed E-state index contributed by atoms with van der Waals surface area (Å²) in [7, 11) is -3.71. The van der Waals surface area contributed by atoms with Gasteiger partial charge in [0.2, 0.25) is 21.5 Å². The first kappa shape index (κ1) is 19.1. The molecule has 0 atom stereocenters. The molecule has 0 aliphatic carbocycles. The van der Waals surface area contributed by atoms with Crippen LogP contribution in [0, 0.1) is 5.92 Å². The van der Waals surface area contributed by atoms with Crippen molar-refractivity contribution < 1.29 is 13.2 Å². The van der Waals surface area contributed by atoms with Crippen LogP contribution >= 0.6 is 0 Å². The Bertz CT molecular complexity index is 903. The third-order valence-corrected chi connectivity index (χ3v) is 5.15. The summed E-state index contributed by atoms with van der Waals surface area (Å²) in [6.07, 6.45) is 0.967. The lowest BCUT2D eigenvalue weighted by molar-refractivity contribution is -0.120. The van der Waals surface area contributed by atoms with Gasteiger partial charge in [-0.15, -0.1) is 0 Å². The Hall–Kier alpha value is -2.19. The minimum absolute atomic E-state index is 0.0273. The summed E-state index contributed by atoms with van der Waals surface area (Å²) in [6, 6.07) is 7.35. The highest BCUT2D eigenvalue weighted by molar-refractivity contribution is 7.89. The van der Waals surface area contributed by atoms with E-state index in [4.69, 9.17) is 0 Å². The van der Waals surface area contributed by atoms with Crippen molar-refractivity contribution in [3.05, 3.63) is 40.7 Å². The molecule has 0 saturated carbocycles. The van der Waals surface area contributed by atoms with Crippen molar-refractivity contribution >= 4 is 26.8 Å². The average molecular weight is 365 g/mol. The molecular formula is C17H23N3O4S. The van der Waals surface area contributed by atoms with Gasteiger partial charge in [-0.3, -0.25) is 9.59 Å². The predicted molar refractivity (Wildman–Crippen MR) is 96.8 cm³/mol. The third kappa shape index (κ3) is 5.68. The number of pyridine rings is 1. The van der Waals surface area contributed by atoms with E-state index in [0.717, 1.165) is 6.42 Å². The maximum atomic E-state index is 12.3. The van der Waals surface area contributed by atoms with Gasteiger partial charge < -0.3 is 10.3 Å². The van der Waals surface area contributed by atoms with Crippen LogP contribution in [0.2, 0.25) is 0 Å². The quantitative estimate of drug-likeness (QED) is 0.656. The summed E-state index contributed by atoms with van der Waals surface area (Å²) < 4.78 is 27.0. The van der Waals surface area contributed by atoms with Gasteiger partial charge in [-0.1, -0.05) is 13.8 Å². The lowest BCUT2D eigenvalue weighted by Crippen LogP contribution is -2.31. The minimum Gasteiger partial charge on any atom is -0.356 e. The van der Waals surface area contributed by atoms with Crippen molar-refractivity contribution in [1.82, 2.24) is 15.0 Å². The number of H-pyrrole nitrogens is 1. The maximum absolute atomic E-state index is 12.3. The second kappa shape index (κ2) is 8.26. The number of benzene rings is 1. The van der Waals surface area contributed by atoms with E-state index in [1.165, 1.54) is 18.2 Å². The zero-order chi connectivity index (χ0) is 18.4. The summed E-state index contributed by atoms with van der Waals surface area (Å²) in [5.41, 5.74) is 0.320. The molecule has 0 aliphatic rings. The fraction of sp³-hybridized carbons (Fsp3) is 0.412. The summed E-state index contributed by atoms with van der Waals surface area (Å²) in [5.74, 6) is 0.320. The zero-order valence-electron chi connectivity index (χ0n) is 14.3. The Morgan fingerprint density at radius 3 is 2.64 bits per heavy atom. The number of hydrogen-bond acceptors (Lipinski definition) is 4. The molecule has 0 bridgehead atoms. The second-order valence-electron chi connectivity index (χ2n) is 6.25. The van der Waals surface area contributed by atoms with Crippen LogP contribution in [0.5, 0.6) is 0 Å². The van der Waals surface area contributed by atoms with Gasteiger partial charge in [0.05, 0.1) is 4.90 Å². The largest absolute Gasteiger partial charge is 0.356 e. The summed E-state index contributed by atoms with van der Waals surface area (Å²) >= 11 is 0. The van der Waals surface area contributed by atoms with Gasteiger partial charge in [0.1, 0.15) is 0 Å². The Labute approximate surface area is 146 Å². The lowest BCUT2D eigenvalue weighted by atomic mass is 10.1. The Morgan fingerprint density at radius 2 is 1.92 bits per heavy atom. The van der Waals surface area contributed by atoms with Crippen LogP contribution in [-0.4, -0.2) is 32.4 Å². The SMILES string of the molecule is CC(C)CCNC(=O)CCNS(=O)(=O)c1ccc2[nH]c(=O)ccc2c1. The maximum Gasteiger partial charge on any atom is 0.248 e. The molecule has 1 heterocycles. The van der Waals surface area contributed by atoms with Crippen molar-refractivity contribution in [1.29, 1.82) is 0 Å². The Kier molecular flexibility index (Phi) is 6.33. The molecule has 0 aliphatic heterocycles. The third-order valence-electron chi connectivity index (χ3n) is 3.69. The first-order valence-electron chi connectivity index (χ1n) is 8.17. The molecule has 0 spiro atoms. The molecule has 1 aromatic carbocycles. The number of amides is 1. The second-order valence-corrected chi connectivity index (χ2v) is 8.02. The van der Waals surface area contributed by atoms with E-state index < -0.39 is 10.0 Å². The number of rotatable bonds is 8. The van der Waals surface area contributed by atoms with Gasteiger partial charge in [0.15, 0.2) is 0 Å². The molecule has 1 amide bonds. The van der Waals surface area contributed by atoms with Crippen LogP contribution in [0.1, 0.15) is 26.7 Å². The Morgan fingerprint density at radius 1 is 1.16 bits per heavy atom. The number of aromatic amines is 1. The van der Waals surface area contributed by atoms with E-state index in [-0.39, 0.29) is 29.3 Å². The molecule has 0 fully saturated rings. The normalized spacial score (nSPS) is 11.8. The molecule has 7 nitrogen and oxygen atoms in total. The van der Waals surface area contributed by atoms with Gasteiger partial charge in [-0.25, -0.2) is 13.1 Å². The molecule has 0 radical (unpaired) electrons. The molecule has 2 aromatic rings. The molecule has 8 heteroatoms. The molecule has 2 rings (SSSR count). The number of fused-ring (bicyclic) bond motifs is 1. The highest BCUT2D eigenvalue weighted by Gasteiger charge is 2.15. The highest BCUT2D eigenvalue weighted by atomic mass is 32.2. The van der Waals surface area contributed by atoms with E-state index in [2.05, 4.69) is 28.9 Å². The Balaban J connectivity index is 1.94. The molecule has 0 saturated heterocycles. The average Bonchev–Trinajstić information content (AvgIpc) is 2.53. The van der Waals surface area contributed by atoms with E-state index >= 15 is 0 Å². The topological polar surface area (TPSA) is 108 Å². The number of hydrogen-bond donors (Lipinski definition) is 3. The minimum atomic E-state index is -3.71. The van der Waals surface area contributed by atoms with Crippen molar-refractivity contribution in [3.63, 3.8) is 0 Å². The summed E-state index contributed by atoms with van der Waals surface area (Å²) in [6.45, 7) is 4.75. The van der Waals surface area contributed by atoms with E-state index in [9.17, 15) is 18.0 Å². The van der Waals surface area contributed by atoms with E-state index in [1.807, 2.05) is 0 Å². The van der Waals surface area contributed by atoms with Crippen molar-refractivity contribution in [2.45, 2.75) is 31.6 Å². The highest BCUT2D eigenvalue weighted by Crippen LogP contribution is 2.16. The number of nitrogens with one attached hydrogen (secondary N) is 3. The van der Waals surface area contributed by atoms with Crippen LogP contribution in [-0.2, 0) is 14.8 Å². The van der Waals surface area contributed by atoms with E-state index in [0.29, 0.717) is 23.4 Å². The zero-order valence-corrected chi connectivity index (χ0v) is 15.2. The van der Waals surface area contributed by atoms with Crippen molar-refractivity contribution in [3.8, 4) is 0 Å². The number of carbonyl (C=O) groups excluding carboxylic acids is 1. The molecule has 1 aromatic heterocycles. The fourth-order valence-corrected chi connectivity index (χ4v) is 3.34. The predicted octanol–water partition coefficient (Wildman–Crippen LogP) is 1.36. The van der Waals surface area contributed by atoms with Crippen LogP contribution in [0.3, 0.4) is 0 Å². The summed E-state index contributed by atoms with van der Waals surface area (Å²) in [5, 5.41) is 3.38. The molecular weight excluding hydrogens is 342 g/mol. The van der Waals surface area contributed by atoms with E-state index in [1.54, 1.807) is 12.1 Å². The van der Waals surface area contributed by atoms with Crippen LogP contribution in [0.15, 0.2) is 40.0 Å². The monoisotopic (exact) mass is 365 g/mol. The van der Waals surface area contributed by atoms with Crippen LogP contribution < -0.4 is 15.6 Å². The van der Waals surface area contributed by atoms with Gasteiger partial charge in [0, 0.05) is 31.1 Å². The van der Waals surface area contributed by atoms with Crippen LogP contribution in [0.4, 0.5) is 0 Å². The molecule has 0 unspecified atom stereocenters. The van der Waals surface area contributed by atoms with Gasteiger partial charge in [-0.2, -0.15) is 0 Å². The lowest BCUT2D eigenvalue weighted by Gasteiger charge is -2.09. The first-order chi connectivity index (χ1) is 11.8. The molecule has 3 N–H and O–H groups in total. The number of carbonyl (C=O) groups is 1. The van der Waals surface area contributed by atoms with Crippen molar-refractivity contribution in [2.24, 2.45) is 5.92 Å². The van der Waals surface area contributed by atoms with Crippen LogP contribution in [0.25, 0.3) is 10.9 Å². The molecule has 25 heavy (non-hydrogen) atoms. The number of aromatic nitrogens is 1. The smallest absolute Gasteiger partial charge is 0.248 e. The van der Waals surface area contributed by atoms with Gasteiger partial charge in [0.25, 0.3) is 0 Å². The number of sulfonamides is 1. The van der Waals surface area contributed by atoms with Gasteiger partial charge >= 0.3 is 0 Å². The standard InChI is InChI=1S/C17H23N3O4S/c1-12(2)7-9-18-16(21)8-10-19-25(23,24)14-4-5-15-13(11-14)3-6-17(22)20-15/h3-6,11-12,19H,7-10H2,1-2H3,(H,18,21)(H,20,22). The van der Waals surface area contributed by atoms with Gasteiger partial charge in [-0.05, 0) is 42.0 Å². The fourth-order valence-electron chi connectivity index (χ4n) is 2.27. The first-order valence-corrected chi connectivity index (χ1v) is 9.66. The molecule has 136 valence electrons. The summed E-state index contributed by atoms with van der Waals surface area (Å²) in [4.78, 5) is 25.7. The van der Waals surface area contributed by atoms with Crippen molar-refractivity contribution in [2.75, 3.05) is 13.1 Å².